The highest BCUT2D eigenvalue weighted by atomic mass is 19.4. The van der Waals surface area contributed by atoms with Crippen molar-refractivity contribution in [3.63, 3.8) is 0 Å². The number of rotatable bonds is 3. The van der Waals surface area contributed by atoms with Crippen molar-refractivity contribution in [2.75, 3.05) is 19.6 Å². The van der Waals surface area contributed by atoms with E-state index in [1.165, 1.54) is 25.2 Å². The first-order chi connectivity index (χ1) is 13.8. The minimum absolute atomic E-state index is 0.0314. The van der Waals surface area contributed by atoms with E-state index < -0.39 is 18.6 Å². The first-order valence-corrected chi connectivity index (χ1v) is 8.91. The molecule has 3 aliphatic rings. The van der Waals surface area contributed by atoms with Gasteiger partial charge in [-0.1, -0.05) is 5.21 Å². The van der Waals surface area contributed by atoms with Crippen molar-refractivity contribution in [1.82, 2.24) is 39.4 Å². The number of hydrogen-bond donors (Lipinski definition) is 1. The quantitative estimate of drug-likeness (QED) is 0.658. The molecule has 3 saturated heterocycles. The molecular formula is C16H15F3N8O2. The second-order valence-electron chi connectivity index (χ2n) is 7.21. The van der Waals surface area contributed by atoms with Crippen molar-refractivity contribution in [3.8, 4) is 5.95 Å². The van der Waals surface area contributed by atoms with Crippen LogP contribution in [0.5, 0.6) is 0 Å². The molecule has 3 fully saturated rings. The van der Waals surface area contributed by atoms with E-state index in [-0.39, 0.29) is 42.4 Å². The molecule has 1 N–H and O–H groups in total. The summed E-state index contributed by atoms with van der Waals surface area (Å²) in [6.07, 6.45) is -0.668. The number of nitrogens with one attached hydrogen (secondary N) is 1. The summed E-state index contributed by atoms with van der Waals surface area (Å²) in [5.74, 6) is -0.329. The van der Waals surface area contributed by atoms with Gasteiger partial charge in [-0.25, -0.2) is 4.52 Å². The summed E-state index contributed by atoms with van der Waals surface area (Å²) in [7, 11) is 0. The first kappa shape index (κ1) is 17.8. The number of fused-ring (bicyclic) bond motifs is 3. The van der Waals surface area contributed by atoms with E-state index in [1.54, 1.807) is 18.3 Å². The van der Waals surface area contributed by atoms with Crippen LogP contribution in [0, 0.1) is 0 Å². The van der Waals surface area contributed by atoms with Crippen molar-refractivity contribution in [2.24, 2.45) is 0 Å². The third kappa shape index (κ3) is 3.06. The monoisotopic (exact) mass is 408 g/mol. The Kier molecular flexibility index (Phi) is 3.78. The molecular weight excluding hydrogens is 393 g/mol. The Morgan fingerprint density at radius 1 is 1.28 bits per heavy atom. The number of carbonyl (C=O) groups is 1. The summed E-state index contributed by atoms with van der Waals surface area (Å²) in [4.78, 5) is 30.2. The highest BCUT2D eigenvalue weighted by Crippen LogP contribution is 2.35. The van der Waals surface area contributed by atoms with E-state index in [4.69, 9.17) is 0 Å². The van der Waals surface area contributed by atoms with Crippen LogP contribution in [-0.2, 0) is 0 Å². The number of nitrogens with zero attached hydrogens (tertiary/aromatic N) is 7. The number of aromatic amines is 1. The molecule has 13 heteroatoms. The lowest BCUT2D eigenvalue weighted by atomic mass is 9.87. The number of hydrogen-bond acceptors (Lipinski definition) is 6. The molecule has 29 heavy (non-hydrogen) atoms. The Morgan fingerprint density at radius 3 is 2.76 bits per heavy atom. The number of piperazine rings is 1. The molecule has 6 heterocycles. The van der Waals surface area contributed by atoms with Gasteiger partial charge < -0.3 is 4.90 Å². The molecule has 6 rings (SSSR count). The molecule has 0 spiro atoms. The first-order valence-electron chi connectivity index (χ1n) is 8.91. The molecule has 0 aromatic carbocycles. The van der Waals surface area contributed by atoms with Crippen LogP contribution in [0.1, 0.15) is 16.9 Å². The van der Waals surface area contributed by atoms with Gasteiger partial charge in [0.15, 0.2) is 5.69 Å². The van der Waals surface area contributed by atoms with Crippen LogP contribution in [0.3, 0.4) is 0 Å². The van der Waals surface area contributed by atoms with E-state index in [0.717, 1.165) is 0 Å². The fourth-order valence-corrected chi connectivity index (χ4v) is 3.98. The Balaban J connectivity index is 1.32. The van der Waals surface area contributed by atoms with Gasteiger partial charge in [0.05, 0.1) is 12.7 Å². The lowest BCUT2D eigenvalue weighted by Crippen LogP contribution is -2.70. The molecule has 2 unspecified atom stereocenters. The lowest BCUT2D eigenvalue weighted by Gasteiger charge is -2.56. The molecule has 0 saturated carbocycles. The fourth-order valence-electron chi connectivity index (χ4n) is 3.98. The van der Waals surface area contributed by atoms with Gasteiger partial charge in [0.1, 0.15) is 5.52 Å². The molecule has 152 valence electrons. The van der Waals surface area contributed by atoms with Crippen molar-refractivity contribution >= 4 is 11.4 Å². The summed E-state index contributed by atoms with van der Waals surface area (Å²) < 4.78 is 40.5. The number of halogens is 3. The summed E-state index contributed by atoms with van der Waals surface area (Å²) >= 11 is 0. The van der Waals surface area contributed by atoms with Crippen molar-refractivity contribution in [1.29, 1.82) is 0 Å². The smallest absolute Gasteiger partial charge is 0.334 e. The van der Waals surface area contributed by atoms with Crippen LogP contribution in [0.15, 0.2) is 29.3 Å². The maximum absolute atomic E-state index is 12.7. The SMILES string of the molecule is O=C(c1cn(-c2nn3cccc3c(=O)[nH]2)nn1)N1CC2CC(C1)N2CC(F)(F)F. The van der Waals surface area contributed by atoms with Crippen LogP contribution in [0.4, 0.5) is 13.2 Å². The van der Waals surface area contributed by atoms with E-state index >= 15 is 0 Å². The minimum atomic E-state index is -4.25. The number of aromatic nitrogens is 6. The maximum atomic E-state index is 12.7. The minimum Gasteiger partial charge on any atom is -0.334 e. The predicted molar refractivity (Wildman–Crippen MR) is 91.6 cm³/mol. The molecule has 3 aromatic rings. The van der Waals surface area contributed by atoms with Gasteiger partial charge in [-0.15, -0.1) is 10.2 Å². The van der Waals surface area contributed by atoms with E-state index in [9.17, 15) is 22.8 Å². The average Bonchev–Trinajstić information content (AvgIpc) is 3.34. The van der Waals surface area contributed by atoms with Crippen molar-refractivity contribution < 1.29 is 18.0 Å². The van der Waals surface area contributed by atoms with Gasteiger partial charge in [0.2, 0.25) is 0 Å². The maximum Gasteiger partial charge on any atom is 0.401 e. The Bertz CT molecular complexity index is 1140. The summed E-state index contributed by atoms with van der Waals surface area (Å²) in [5, 5.41) is 11.9. The third-order valence-electron chi connectivity index (χ3n) is 5.31. The predicted octanol–water partition coefficient (Wildman–Crippen LogP) is 0.0643. The van der Waals surface area contributed by atoms with E-state index in [2.05, 4.69) is 20.4 Å². The zero-order valence-corrected chi connectivity index (χ0v) is 14.9. The van der Waals surface area contributed by atoms with E-state index in [0.29, 0.717) is 11.9 Å². The van der Waals surface area contributed by atoms with Crippen LogP contribution >= 0.6 is 0 Å². The van der Waals surface area contributed by atoms with Crippen molar-refractivity contribution in [3.05, 3.63) is 40.6 Å². The Morgan fingerprint density at radius 2 is 2.03 bits per heavy atom. The van der Waals surface area contributed by atoms with Crippen LogP contribution in [0.2, 0.25) is 0 Å². The normalized spacial score (nSPS) is 22.1. The second kappa shape index (κ2) is 6.14. The van der Waals surface area contributed by atoms with E-state index in [1.807, 2.05) is 0 Å². The van der Waals surface area contributed by atoms with Crippen LogP contribution < -0.4 is 5.56 Å². The standard InChI is InChI=1S/C16H15F3N8O2/c17-16(18,19)8-25-9-4-10(25)6-24(5-9)14(29)11-7-27(23-21-11)15-20-13(28)12-2-1-3-26(12)22-15/h1-3,7,9-10H,4-6,8H2,(H,20,22,28). The number of H-pyrrole nitrogens is 1. The molecule has 3 aromatic heterocycles. The Hall–Kier alpha value is -3.22. The topological polar surface area (TPSA) is 104 Å². The van der Waals surface area contributed by atoms with Crippen LogP contribution in [-0.4, -0.2) is 83.2 Å². The summed E-state index contributed by atoms with van der Waals surface area (Å²) in [5.41, 5.74) is 0.0225. The third-order valence-corrected chi connectivity index (χ3v) is 5.31. The number of amides is 1. The second-order valence-corrected chi connectivity index (χ2v) is 7.21. The zero-order valence-electron chi connectivity index (χ0n) is 14.9. The zero-order chi connectivity index (χ0) is 20.3. The largest absolute Gasteiger partial charge is 0.401 e. The summed E-state index contributed by atoms with van der Waals surface area (Å²) in [6, 6.07) is 2.67. The molecule has 2 bridgehead atoms. The fraction of sp³-hybridized carbons (Fsp3) is 0.438. The van der Waals surface area contributed by atoms with Gasteiger partial charge in [0.25, 0.3) is 17.4 Å². The van der Waals surface area contributed by atoms with Gasteiger partial charge in [-0.2, -0.15) is 17.9 Å². The van der Waals surface area contributed by atoms with Crippen molar-refractivity contribution in [2.45, 2.75) is 24.7 Å². The molecule has 3 aliphatic heterocycles. The van der Waals surface area contributed by atoms with Gasteiger partial charge in [0, 0.05) is 31.4 Å². The number of alkyl halides is 3. The highest BCUT2D eigenvalue weighted by Gasteiger charge is 2.49. The number of carbonyl (C=O) groups excluding carboxylic acids is 1. The highest BCUT2D eigenvalue weighted by molar-refractivity contribution is 5.92. The van der Waals surface area contributed by atoms with Gasteiger partial charge in [-0.3, -0.25) is 19.5 Å². The number of piperidine rings is 1. The molecule has 0 radical (unpaired) electrons. The molecule has 1 amide bonds. The molecule has 10 nitrogen and oxygen atoms in total. The molecule has 2 atom stereocenters. The Labute approximate surface area is 160 Å². The summed E-state index contributed by atoms with van der Waals surface area (Å²) in [6.45, 7) is -0.535. The molecule has 0 aliphatic carbocycles. The van der Waals surface area contributed by atoms with Crippen LogP contribution in [0.25, 0.3) is 11.5 Å². The van der Waals surface area contributed by atoms with Gasteiger partial charge in [-0.05, 0) is 18.6 Å². The lowest BCUT2D eigenvalue weighted by molar-refractivity contribution is -0.184. The van der Waals surface area contributed by atoms with Gasteiger partial charge >= 0.3 is 6.18 Å². The average molecular weight is 408 g/mol.